The van der Waals surface area contributed by atoms with E-state index in [4.69, 9.17) is 4.74 Å². The van der Waals surface area contributed by atoms with Crippen molar-refractivity contribution in [2.45, 2.75) is 51.6 Å². The van der Waals surface area contributed by atoms with Crippen LogP contribution in [0.2, 0.25) is 0 Å². The van der Waals surface area contributed by atoms with E-state index in [1.54, 1.807) is 0 Å². The minimum atomic E-state index is 0.0173. The summed E-state index contributed by atoms with van der Waals surface area (Å²) >= 11 is 0. The Kier molecular flexibility index (Phi) is 4.83. The van der Waals surface area contributed by atoms with Crippen LogP contribution in [0.3, 0.4) is 0 Å². The lowest BCUT2D eigenvalue weighted by atomic mass is 9.72. The molecule has 0 saturated carbocycles. The number of hydrogen-bond acceptors (Lipinski definition) is 3. The quantitative estimate of drug-likeness (QED) is 0.828. The molecular formula is C21H30N2O2. The van der Waals surface area contributed by atoms with E-state index in [-0.39, 0.29) is 6.04 Å². The summed E-state index contributed by atoms with van der Waals surface area (Å²) < 4.78 is 5.54. The van der Waals surface area contributed by atoms with E-state index in [0.717, 1.165) is 58.7 Å². The summed E-state index contributed by atoms with van der Waals surface area (Å²) in [6.07, 6.45) is 5.51. The SMILES string of the molecule is CCN1Cc2ccccc2CC1C(=O)N1CCC2(CCOCC2)CC1. The van der Waals surface area contributed by atoms with Crippen molar-refractivity contribution in [3.05, 3.63) is 35.4 Å². The molecule has 1 atom stereocenters. The number of nitrogens with zero attached hydrogens (tertiary/aromatic N) is 2. The number of ether oxygens (including phenoxy) is 1. The maximum absolute atomic E-state index is 13.3. The molecule has 1 aromatic carbocycles. The molecule has 4 rings (SSSR count). The zero-order valence-corrected chi connectivity index (χ0v) is 15.4. The Morgan fingerprint density at radius 3 is 2.48 bits per heavy atom. The lowest BCUT2D eigenvalue weighted by molar-refractivity contribution is -0.141. The van der Waals surface area contributed by atoms with Gasteiger partial charge in [-0.3, -0.25) is 9.69 Å². The molecule has 25 heavy (non-hydrogen) atoms. The van der Waals surface area contributed by atoms with Gasteiger partial charge >= 0.3 is 0 Å². The second-order valence-corrected chi connectivity index (χ2v) is 7.99. The van der Waals surface area contributed by atoms with E-state index < -0.39 is 0 Å². The van der Waals surface area contributed by atoms with Gasteiger partial charge in [-0.05, 0) is 55.2 Å². The summed E-state index contributed by atoms with van der Waals surface area (Å²) in [7, 11) is 0. The molecule has 3 heterocycles. The Morgan fingerprint density at radius 1 is 1.12 bits per heavy atom. The average molecular weight is 342 g/mol. The van der Waals surface area contributed by atoms with Crippen LogP contribution in [-0.4, -0.2) is 54.6 Å². The monoisotopic (exact) mass is 342 g/mol. The molecule has 0 N–H and O–H groups in total. The highest BCUT2D eigenvalue weighted by Crippen LogP contribution is 2.41. The van der Waals surface area contributed by atoms with Crippen LogP contribution in [0.4, 0.5) is 0 Å². The van der Waals surface area contributed by atoms with Gasteiger partial charge in [-0.2, -0.15) is 0 Å². The van der Waals surface area contributed by atoms with Gasteiger partial charge in [0.15, 0.2) is 0 Å². The summed E-state index contributed by atoms with van der Waals surface area (Å²) in [5, 5.41) is 0. The normalized spacial score (nSPS) is 26.4. The molecule has 2 fully saturated rings. The van der Waals surface area contributed by atoms with E-state index in [1.807, 2.05) is 0 Å². The van der Waals surface area contributed by atoms with Crippen molar-refractivity contribution >= 4 is 5.91 Å². The molecule has 0 aromatic heterocycles. The van der Waals surface area contributed by atoms with Crippen LogP contribution in [0.15, 0.2) is 24.3 Å². The number of hydrogen-bond donors (Lipinski definition) is 0. The highest BCUT2D eigenvalue weighted by atomic mass is 16.5. The summed E-state index contributed by atoms with van der Waals surface area (Å²) in [4.78, 5) is 17.8. The van der Waals surface area contributed by atoms with Crippen LogP contribution in [0, 0.1) is 5.41 Å². The molecule has 1 spiro atoms. The van der Waals surface area contributed by atoms with Gasteiger partial charge in [0.2, 0.25) is 5.91 Å². The second-order valence-electron chi connectivity index (χ2n) is 7.99. The molecule has 0 aliphatic carbocycles. The maximum Gasteiger partial charge on any atom is 0.240 e. The van der Waals surface area contributed by atoms with Crippen molar-refractivity contribution in [3.8, 4) is 0 Å². The number of carbonyl (C=O) groups excluding carboxylic acids is 1. The Morgan fingerprint density at radius 2 is 1.80 bits per heavy atom. The largest absolute Gasteiger partial charge is 0.381 e. The highest BCUT2D eigenvalue weighted by molar-refractivity contribution is 5.82. The number of likely N-dealkylation sites (N-methyl/N-ethyl adjacent to an activating group) is 1. The lowest BCUT2D eigenvalue weighted by Crippen LogP contribution is -2.54. The number of amides is 1. The standard InChI is InChI=1S/C21H30N2O2/c1-2-22-16-18-6-4-3-5-17(18)15-19(22)20(24)23-11-7-21(8-12-23)9-13-25-14-10-21/h3-6,19H,2,7-16H2,1H3. The van der Waals surface area contributed by atoms with E-state index in [1.165, 1.54) is 24.0 Å². The first-order chi connectivity index (χ1) is 12.2. The Labute approximate surface area is 151 Å². The molecule has 3 aliphatic heterocycles. The predicted octanol–water partition coefficient (Wildman–Crippen LogP) is 2.85. The molecule has 1 aromatic rings. The minimum absolute atomic E-state index is 0.0173. The number of fused-ring (bicyclic) bond motifs is 1. The highest BCUT2D eigenvalue weighted by Gasteiger charge is 2.40. The number of benzene rings is 1. The number of likely N-dealkylation sites (tertiary alicyclic amines) is 1. The Hall–Kier alpha value is -1.39. The van der Waals surface area contributed by atoms with E-state index in [0.29, 0.717) is 11.3 Å². The van der Waals surface area contributed by atoms with Gasteiger partial charge < -0.3 is 9.64 Å². The molecule has 4 nitrogen and oxygen atoms in total. The summed E-state index contributed by atoms with van der Waals surface area (Å²) in [6, 6.07) is 8.61. The van der Waals surface area contributed by atoms with Crippen molar-refractivity contribution in [3.63, 3.8) is 0 Å². The van der Waals surface area contributed by atoms with E-state index >= 15 is 0 Å². The van der Waals surface area contributed by atoms with Gasteiger partial charge in [-0.15, -0.1) is 0 Å². The summed E-state index contributed by atoms with van der Waals surface area (Å²) in [5.74, 6) is 0.346. The Balaban J connectivity index is 1.44. The van der Waals surface area contributed by atoms with Crippen LogP contribution in [0.25, 0.3) is 0 Å². The van der Waals surface area contributed by atoms with E-state index in [2.05, 4.69) is 41.0 Å². The first-order valence-corrected chi connectivity index (χ1v) is 9.88. The van der Waals surface area contributed by atoms with Crippen LogP contribution < -0.4 is 0 Å². The summed E-state index contributed by atoms with van der Waals surface area (Å²) in [5.41, 5.74) is 3.18. The molecule has 2 saturated heterocycles. The first-order valence-electron chi connectivity index (χ1n) is 9.88. The fraction of sp³-hybridized carbons (Fsp3) is 0.667. The van der Waals surface area contributed by atoms with Crippen molar-refractivity contribution in [1.29, 1.82) is 0 Å². The smallest absolute Gasteiger partial charge is 0.240 e. The molecule has 0 bridgehead atoms. The fourth-order valence-corrected chi connectivity index (χ4v) is 4.87. The lowest BCUT2D eigenvalue weighted by Gasteiger charge is -2.46. The third kappa shape index (κ3) is 3.34. The number of carbonyl (C=O) groups is 1. The molecule has 4 heteroatoms. The Bertz CT molecular complexity index is 614. The van der Waals surface area contributed by atoms with Crippen molar-refractivity contribution < 1.29 is 9.53 Å². The van der Waals surface area contributed by atoms with Gasteiger partial charge in [0.05, 0.1) is 6.04 Å². The van der Waals surface area contributed by atoms with Gasteiger partial charge in [-0.25, -0.2) is 0 Å². The fourth-order valence-electron chi connectivity index (χ4n) is 4.87. The molecule has 3 aliphatic rings. The number of rotatable bonds is 2. The minimum Gasteiger partial charge on any atom is -0.381 e. The zero-order valence-electron chi connectivity index (χ0n) is 15.4. The molecule has 0 radical (unpaired) electrons. The zero-order chi connectivity index (χ0) is 17.3. The van der Waals surface area contributed by atoms with Crippen LogP contribution in [-0.2, 0) is 22.5 Å². The maximum atomic E-state index is 13.3. The van der Waals surface area contributed by atoms with Crippen LogP contribution >= 0.6 is 0 Å². The third-order valence-electron chi connectivity index (χ3n) is 6.73. The third-order valence-corrected chi connectivity index (χ3v) is 6.73. The second kappa shape index (κ2) is 7.08. The van der Waals surface area contributed by atoms with Crippen molar-refractivity contribution in [2.24, 2.45) is 5.41 Å². The first kappa shape index (κ1) is 17.0. The van der Waals surface area contributed by atoms with Crippen molar-refractivity contribution in [2.75, 3.05) is 32.8 Å². The predicted molar refractivity (Wildman–Crippen MR) is 98.3 cm³/mol. The van der Waals surface area contributed by atoms with Gasteiger partial charge in [-0.1, -0.05) is 31.2 Å². The van der Waals surface area contributed by atoms with E-state index in [9.17, 15) is 4.79 Å². The molecule has 1 amide bonds. The van der Waals surface area contributed by atoms with Gasteiger partial charge in [0, 0.05) is 32.8 Å². The molecule has 136 valence electrons. The van der Waals surface area contributed by atoms with Crippen LogP contribution in [0.1, 0.15) is 43.7 Å². The molecular weight excluding hydrogens is 312 g/mol. The van der Waals surface area contributed by atoms with Crippen LogP contribution in [0.5, 0.6) is 0 Å². The van der Waals surface area contributed by atoms with Crippen molar-refractivity contribution in [1.82, 2.24) is 9.80 Å². The van der Waals surface area contributed by atoms with Gasteiger partial charge in [0.1, 0.15) is 0 Å². The topological polar surface area (TPSA) is 32.8 Å². The molecule has 1 unspecified atom stereocenters. The van der Waals surface area contributed by atoms with Gasteiger partial charge in [0.25, 0.3) is 0 Å². The summed E-state index contributed by atoms with van der Waals surface area (Å²) in [6.45, 7) is 7.65. The number of piperidine rings is 1. The average Bonchev–Trinajstić information content (AvgIpc) is 2.67.